The smallest absolute Gasteiger partial charge is 0.248 e. The van der Waals surface area contributed by atoms with Gasteiger partial charge in [-0.05, 0) is 12.5 Å². The molecule has 3 aromatic rings. The van der Waals surface area contributed by atoms with Crippen LogP contribution in [0.5, 0.6) is 0 Å². The third kappa shape index (κ3) is 1.23. The zero-order chi connectivity index (χ0) is 11.3. The molecule has 0 spiro atoms. The van der Waals surface area contributed by atoms with E-state index >= 15 is 0 Å². The summed E-state index contributed by atoms with van der Waals surface area (Å²) in [5.41, 5.74) is 9.04. The lowest BCUT2D eigenvalue weighted by molar-refractivity contribution is 0.613. The second kappa shape index (κ2) is 3.08. The number of fused-ring (bicyclic) bond motifs is 1. The number of hydrogen-bond donors (Lipinski definition) is 1. The number of nitrogens with two attached hydrogens (primary N) is 1. The molecule has 0 aliphatic heterocycles. The molecular weight excluding hydrogens is 224 g/mol. The second-order valence-electron chi connectivity index (χ2n) is 3.67. The Labute approximate surface area is 95.5 Å². The molecule has 0 radical (unpaired) electrons. The average Bonchev–Trinajstić information content (AvgIpc) is 2.84. The Bertz CT molecular complexity index is 664. The van der Waals surface area contributed by atoms with Crippen LogP contribution in [0, 0.1) is 6.92 Å². The zero-order valence-electron chi connectivity index (χ0n) is 8.89. The molecule has 0 aliphatic rings. The molecule has 0 fully saturated rings. The van der Waals surface area contributed by atoms with E-state index in [2.05, 4.69) is 10.1 Å². The van der Waals surface area contributed by atoms with Crippen LogP contribution in [0.4, 0.5) is 5.00 Å². The number of aryl methyl sites for hydroxylation is 2. The van der Waals surface area contributed by atoms with Gasteiger partial charge in [0.1, 0.15) is 10.5 Å². The van der Waals surface area contributed by atoms with E-state index in [4.69, 9.17) is 10.2 Å². The normalized spacial score (nSPS) is 11.4. The van der Waals surface area contributed by atoms with E-state index in [1.54, 1.807) is 4.68 Å². The molecule has 5 nitrogen and oxygen atoms in total. The SMILES string of the molecule is Cc1cn(C)nc1-c1nc2c(N)scc2o1. The fourth-order valence-electron chi connectivity index (χ4n) is 1.68. The van der Waals surface area contributed by atoms with Crippen molar-refractivity contribution in [3.8, 4) is 11.6 Å². The molecule has 0 bridgehead atoms. The van der Waals surface area contributed by atoms with E-state index in [0.29, 0.717) is 10.9 Å². The molecular formula is C10H10N4OS. The third-order valence-electron chi connectivity index (χ3n) is 2.39. The monoisotopic (exact) mass is 234 g/mol. The summed E-state index contributed by atoms with van der Waals surface area (Å²) < 4.78 is 7.35. The van der Waals surface area contributed by atoms with Crippen molar-refractivity contribution in [3.63, 3.8) is 0 Å². The van der Waals surface area contributed by atoms with Crippen molar-refractivity contribution in [2.45, 2.75) is 6.92 Å². The lowest BCUT2D eigenvalue weighted by Gasteiger charge is -1.89. The van der Waals surface area contributed by atoms with E-state index in [-0.39, 0.29) is 0 Å². The number of thiophene rings is 1. The van der Waals surface area contributed by atoms with Crippen LogP contribution in [0.1, 0.15) is 5.56 Å². The summed E-state index contributed by atoms with van der Waals surface area (Å²) >= 11 is 1.43. The Morgan fingerprint density at radius 1 is 1.50 bits per heavy atom. The summed E-state index contributed by atoms with van der Waals surface area (Å²) in [7, 11) is 1.87. The van der Waals surface area contributed by atoms with Crippen molar-refractivity contribution in [2.75, 3.05) is 5.73 Å². The number of aromatic nitrogens is 3. The molecule has 82 valence electrons. The van der Waals surface area contributed by atoms with Gasteiger partial charge in [0.15, 0.2) is 11.3 Å². The van der Waals surface area contributed by atoms with Crippen molar-refractivity contribution in [2.24, 2.45) is 7.05 Å². The summed E-state index contributed by atoms with van der Waals surface area (Å²) in [5.74, 6) is 0.530. The average molecular weight is 234 g/mol. The van der Waals surface area contributed by atoms with Gasteiger partial charge in [0.2, 0.25) is 5.89 Å². The fraction of sp³-hybridized carbons (Fsp3) is 0.200. The highest BCUT2D eigenvalue weighted by atomic mass is 32.1. The van der Waals surface area contributed by atoms with Crippen molar-refractivity contribution in [3.05, 3.63) is 17.1 Å². The van der Waals surface area contributed by atoms with Crippen LogP contribution in [0.3, 0.4) is 0 Å². The van der Waals surface area contributed by atoms with Crippen molar-refractivity contribution >= 4 is 27.4 Å². The molecule has 0 atom stereocenters. The minimum atomic E-state index is 0.530. The van der Waals surface area contributed by atoms with Gasteiger partial charge in [-0.2, -0.15) is 5.10 Å². The van der Waals surface area contributed by atoms with Crippen LogP contribution in [0.2, 0.25) is 0 Å². The maximum atomic E-state index is 5.78. The highest BCUT2D eigenvalue weighted by Gasteiger charge is 2.16. The topological polar surface area (TPSA) is 69.9 Å². The first-order valence-corrected chi connectivity index (χ1v) is 5.67. The van der Waals surface area contributed by atoms with Gasteiger partial charge in [-0.3, -0.25) is 4.68 Å². The van der Waals surface area contributed by atoms with E-state index in [1.165, 1.54) is 11.3 Å². The van der Waals surface area contributed by atoms with Crippen molar-refractivity contribution in [1.29, 1.82) is 0 Å². The van der Waals surface area contributed by atoms with Gasteiger partial charge in [0, 0.05) is 18.6 Å². The molecule has 0 aliphatic carbocycles. The standard InChI is InChI=1S/C10H10N4OS/c1-5-3-14(2)13-7(5)10-12-8-6(15-10)4-16-9(8)11/h3-4H,11H2,1-2H3. The molecule has 0 saturated carbocycles. The lowest BCUT2D eigenvalue weighted by atomic mass is 10.3. The van der Waals surface area contributed by atoms with Gasteiger partial charge in [0.25, 0.3) is 0 Å². The van der Waals surface area contributed by atoms with E-state index in [1.807, 2.05) is 25.5 Å². The maximum absolute atomic E-state index is 5.78. The molecule has 0 unspecified atom stereocenters. The van der Waals surface area contributed by atoms with E-state index in [0.717, 1.165) is 22.4 Å². The lowest BCUT2D eigenvalue weighted by Crippen LogP contribution is -1.88. The molecule has 0 saturated heterocycles. The highest BCUT2D eigenvalue weighted by Crippen LogP contribution is 2.32. The molecule has 16 heavy (non-hydrogen) atoms. The summed E-state index contributed by atoms with van der Waals surface area (Å²) in [6.45, 7) is 1.98. The minimum absolute atomic E-state index is 0.530. The summed E-state index contributed by atoms with van der Waals surface area (Å²) in [5, 5.41) is 6.85. The summed E-state index contributed by atoms with van der Waals surface area (Å²) in [6.07, 6.45) is 1.93. The van der Waals surface area contributed by atoms with Gasteiger partial charge in [0.05, 0.1) is 0 Å². The number of nitrogen functional groups attached to an aromatic ring is 1. The number of anilines is 1. The molecule has 3 aromatic heterocycles. The number of rotatable bonds is 1. The van der Waals surface area contributed by atoms with E-state index < -0.39 is 0 Å². The van der Waals surface area contributed by atoms with Gasteiger partial charge in [-0.25, -0.2) is 4.98 Å². The van der Waals surface area contributed by atoms with Crippen LogP contribution in [0.25, 0.3) is 22.7 Å². The first-order chi connectivity index (χ1) is 7.65. The summed E-state index contributed by atoms with van der Waals surface area (Å²) in [6, 6.07) is 0. The molecule has 6 heteroatoms. The van der Waals surface area contributed by atoms with Crippen LogP contribution in [-0.2, 0) is 7.05 Å². The van der Waals surface area contributed by atoms with Crippen molar-refractivity contribution < 1.29 is 4.42 Å². The highest BCUT2D eigenvalue weighted by molar-refractivity contribution is 7.15. The Morgan fingerprint density at radius 2 is 2.31 bits per heavy atom. The number of oxazole rings is 1. The Morgan fingerprint density at radius 3 is 2.94 bits per heavy atom. The second-order valence-corrected chi connectivity index (χ2v) is 4.58. The molecule has 2 N–H and O–H groups in total. The van der Waals surface area contributed by atoms with Gasteiger partial charge in [-0.1, -0.05) is 0 Å². The zero-order valence-corrected chi connectivity index (χ0v) is 9.71. The predicted octanol–water partition coefficient (Wildman–Crippen LogP) is 2.18. The quantitative estimate of drug-likeness (QED) is 0.700. The van der Waals surface area contributed by atoms with Crippen molar-refractivity contribution in [1.82, 2.24) is 14.8 Å². The summed E-state index contributed by atoms with van der Waals surface area (Å²) in [4.78, 5) is 4.36. The van der Waals surface area contributed by atoms with Crippen LogP contribution in [0.15, 0.2) is 16.0 Å². The minimum Gasteiger partial charge on any atom is -0.434 e. The number of nitrogens with zero attached hydrogens (tertiary/aromatic N) is 3. The number of hydrogen-bond acceptors (Lipinski definition) is 5. The van der Waals surface area contributed by atoms with Crippen LogP contribution in [-0.4, -0.2) is 14.8 Å². The van der Waals surface area contributed by atoms with Gasteiger partial charge in [-0.15, -0.1) is 11.3 Å². The largest absolute Gasteiger partial charge is 0.434 e. The first-order valence-electron chi connectivity index (χ1n) is 4.79. The molecule has 3 heterocycles. The Kier molecular flexibility index (Phi) is 1.81. The molecule has 0 aromatic carbocycles. The van der Waals surface area contributed by atoms with Crippen LogP contribution >= 0.6 is 11.3 Å². The molecule has 0 amide bonds. The van der Waals surface area contributed by atoms with Gasteiger partial charge < -0.3 is 10.2 Å². The van der Waals surface area contributed by atoms with E-state index in [9.17, 15) is 0 Å². The maximum Gasteiger partial charge on any atom is 0.248 e. The fourth-order valence-corrected chi connectivity index (χ4v) is 2.33. The third-order valence-corrected chi connectivity index (χ3v) is 3.17. The Balaban J connectivity index is 2.22. The predicted molar refractivity (Wildman–Crippen MR) is 63.2 cm³/mol. The Hall–Kier alpha value is -1.82. The van der Waals surface area contributed by atoms with Gasteiger partial charge >= 0.3 is 0 Å². The first kappa shape index (κ1) is 9.41. The molecule has 3 rings (SSSR count). The van der Waals surface area contributed by atoms with Crippen LogP contribution < -0.4 is 5.73 Å².